The van der Waals surface area contributed by atoms with Crippen LogP contribution in [0.15, 0.2) is 47.3 Å². The summed E-state index contributed by atoms with van der Waals surface area (Å²) in [7, 11) is 1.61. The molecular weight excluding hydrogens is 374 g/mol. The zero-order valence-electron chi connectivity index (χ0n) is 16.4. The van der Waals surface area contributed by atoms with Crippen molar-refractivity contribution in [3.63, 3.8) is 0 Å². The number of carbonyl (C=O) groups is 2. The molecule has 2 aromatic rings. The fourth-order valence-electron chi connectivity index (χ4n) is 4.11. The molecule has 2 aliphatic heterocycles. The third kappa shape index (κ3) is 3.90. The van der Waals surface area contributed by atoms with Crippen molar-refractivity contribution in [3.05, 3.63) is 54.2 Å². The highest BCUT2D eigenvalue weighted by molar-refractivity contribution is 5.91. The van der Waals surface area contributed by atoms with Crippen LogP contribution in [0.4, 0.5) is 0 Å². The maximum absolute atomic E-state index is 12.9. The molecule has 8 heteroatoms. The summed E-state index contributed by atoms with van der Waals surface area (Å²) >= 11 is 0. The number of furan rings is 1. The number of hydrogen-bond acceptors (Lipinski definition) is 6. The summed E-state index contributed by atoms with van der Waals surface area (Å²) in [5.41, 5.74) is 1.01. The Morgan fingerprint density at radius 3 is 2.62 bits per heavy atom. The van der Waals surface area contributed by atoms with Crippen molar-refractivity contribution in [3.8, 4) is 0 Å². The quantitative estimate of drug-likeness (QED) is 0.522. The number of likely N-dealkylation sites (tertiary alicyclic amines) is 2. The van der Waals surface area contributed by atoms with Crippen molar-refractivity contribution < 1.29 is 23.5 Å². The van der Waals surface area contributed by atoms with Gasteiger partial charge in [0.1, 0.15) is 0 Å². The van der Waals surface area contributed by atoms with Crippen molar-refractivity contribution in [1.82, 2.24) is 14.8 Å². The van der Waals surface area contributed by atoms with Gasteiger partial charge in [-0.15, -0.1) is 0 Å². The minimum atomic E-state index is -0.504. The average molecular weight is 399 g/mol. The van der Waals surface area contributed by atoms with E-state index in [0.717, 1.165) is 18.4 Å². The standard InChI is InChI=1S/C21H25N3O5/c1-27-13-14-29-19-18(15-4-8-22-9-5-15)24(21(19)26)16-6-10-23(11-7-16)20(25)17-3-2-12-28-17/h2-5,8-9,12,16,18-19H,6-7,10-11,13-14H2,1H3/t18-,19+/m0/s1. The Kier molecular flexibility index (Phi) is 5.92. The molecule has 2 saturated heterocycles. The van der Waals surface area contributed by atoms with E-state index in [2.05, 4.69) is 4.98 Å². The van der Waals surface area contributed by atoms with Gasteiger partial charge in [-0.05, 0) is 42.7 Å². The Morgan fingerprint density at radius 1 is 1.21 bits per heavy atom. The first-order chi connectivity index (χ1) is 14.2. The molecule has 2 fully saturated rings. The summed E-state index contributed by atoms with van der Waals surface area (Å²) in [5, 5.41) is 0. The van der Waals surface area contributed by atoms with E-state index < -0.39 is 6.10 Å². The molecule has 0 spiro atoms. The molecule has 0 N–H and O–H groups in total. The van der Waals surface area contributed by atoms with E-state index in [0.29, 0.717) is 32.1 Å². The van der Waals surface area contributed by atoms with Gasteiger partial charge in [0, 0.05) is 38.6 Å². The van der Waals surface area contributed by atoms with Crippen molar-refractivity contribution in [2.45, 2.75) is 31.0 Å². The Bertz CT molecular complexity index is 818. The van der Waals surface area contributed by atoms with Crippen LogP contribution in [0.1, 0.15) is 35.0 Å². The van der Waals surface area contributed by atoms with E-state index in [4.69, 9.17) is 13.9 Å². The molecule has 2 atom stereocenters. The van der Waals surface area contributed by atoms with Crippen molar-refractivity contribution in [2.75, 3.05) is 33.4 Å². The van der Waals surface area contributed by atoms with Gasteiger partial charge in [-0.3, -0.25) is 14.6 Å². The second-order valence-corrected chi connectivity index (χ2v) is 7.26. The topological polar surface area (TPSA) is 85.1 Å². The fraction of sp³-hybridized carbons (Fsp3) is 0.476. The minimum Gasteiger partial charge on any atom is -0.459 e. The van der Waals surface area contributed by atoms with Gasteiger partial charge in [0.15, 0.2) is 11.9 Å². The van der Waals surface area contributed by atoms with Gasteiger partial charge in [0.05, 0.1) is 25.5 Å². The summed E-state index contributed by atoms with van der Waals surface area (Å²) in [6.45, 7) is 2.00. The van der Waals surface area contributed by atoms with Crippen LogP contribution in [0.2, 0.25) is 0 Å². The number of aromatic nitrogens is 1. The summed E-state index contributed by atoms with van der Waals surface area (Å²) in [4.78, 5) is 33.2. The number of piperidine rings is 1. The molecule has 0 unspecified atom stereocenters. The molecule has 4 heterocycles. The molecule has 0 aromatic carbocycles. The molecule has 0 aliphatic carbocycles. The summed E-state index contributed by atoms with van der Waals surface area (Å²) in [6.07, 6.45) is 5.91. The Balaban J connectivity index is 1.43. The molecule has 0 bridgehead atoms. The van der Waals surface area contributed by atoms with Gasteiger partial charge >= 0.3 is 0 Å². The zero-order valence-corrected chi connectivity index (χ0v) is 16.4. The normalized spacial score (nSPS) is 22.6. The molecule has 2 aromatic heterocycles. The van der Waals surface area contributed by atoms with Crippen LogP contribution in [0.25, 0.3) is 0 Å². The van der Waals surface area contributed by atoms with E-state index in [1.54, 1.807) is 36.5 Å². The van der Waals surface area contributed by atoms with Crippen LogP contribution < -0.4 is 0 Å². The molecule has 2 amide bonds. The molecule has 0 radical (unpaired) electrons. The monoisotopic (exact) mass is 399 g/mol. The molecule has 8 nitrogen and oxygen atoms in total. The molecule has 29 heavy (non-hydrogen) atoms. The van der Waals surface area contributed by atoms with Gasteiger partial charge in [-0.25, -0.2) is 0 Å². The molecular formula is C21H25N3O5. The lowest BCUT2D eigenvalue weighted by Gasteiger charge is -2.52. The Labute approximate surface area is 169 Å². The van der Waals surface area contributed by atoms with E-state index in [-0.39, 0.29) is 23.9 Å². The van der Waals surface area contributed by atoms with Crippen LogP contribution in [0, 0.1) is 0 Å². The van der Waals surface area contributed by atoms with Crippen molar-refractivity contribution in [1.29, 1.82) is 0 Å². The number of amides is 2. The number of methoxy groups -OCH3 is 1. The molecule has 0 saturated carbocycles. The number of β-lactam (4-membered cyclic amide) rings is 1. The van der Waals surface area contributed by atoms with E-state index in [1.165, 1.54) is 6.26 Å². The number of nitrogens with zero attached hydrogens (tertiary/aromatic N) is 3. The van der Waals surface area contributed by atoms with Crippen LogP contribution in [-0.4, -0.2) is 72.2 Å². The highest BCUT2D eigenvalue weighted by atomic mass is 16.5. The summed E-state index contributed by atoms with van der Waals surface area (Å²) < 4.78 is 16.1. The second-order valence-electron chi connectivity index (χ2n) is 7.26. The second kappa shape index (κ2) is 8.75. The minimum absolute atomic E-state index is 0.00118. The number of ether oxygens (including phenoxy) is 2. The fourth-order valence-corrected chi connectivity index (χ4v) is 4.11. The maximum atomic E-state index is 12.9. The Morgan fingerprint density at radius 2 is 1.97 bits per heavy atom. The van der Waals surface area contributed by atoms with Gasteiger partial charge in [0.2, 0.25) is 0 Å². The largest absolute Gasteiger partial charge is 0.459 e. The smallest absolute Gasteiger partial charge is 0.289 e. The number of carbonyl (C=O) groups excluding carboxylic acids is 2. The molecule has 2 aliphatic rings. The lowest BCUT2D eigenvalue weighted by molar-refractivity contribution is -0.183. The first-order valence-corrected chi connectivity index (χ1v) is 9.86. The van der Waals surface area contributed by atoms with Crippen molar-refractivity contribution in [2.24, 2.45) is 0 Å². The van der Waals surface area contributed by atoms with Crippen LogP contribution in [0.3, 0.4) is 0 Å². The molecule has 4 rings (SSSR count). The summed E-state index contributed by atoms with van der Waals surface area (Å²) in [6, 6.07) is 7.16. The van der Waals surface area contributed by atoms with Gasteiger partial charge in [-0.1, -0.05) is 0 Å². The van der Waals surface area contributed by atoms with E-state index in [1.807, 2.05) is 17.0 Å². The van der Waals surface area contributed by atoms with Crippen LogP contribution in [-0.2, 0) is 14.3 Å². The highest BCUT2D eigenvalue weighted by Gasteiger charge is 2.52. The van der Waals surface area contributed by atoms with Crippen LogP contribution in [0.5, 0.6) is 0 Å². The first-order valence-electron chi connectivity index (χ1n) is 9.86. The number of rotatable bonds is 7. The predicted octanol–water partition coefficient (Wildman–Crippen LogP) is 1.89. The highest BCUT2D eigenvalue weighted by Crippen LogP contribution is 2.40. The lowest BCUT2D eigenvalue weighted by atomic mass is 9.86. The third-order valence-corrected chi connectivity index (χ3v) is 5.59. The summed E-state index contributed by atoms with van der Waals surface area (Å²) in [5.74, 6) is 0.248. The third-order valence-electron chi connectivity index (χ3n) is 5.59. The number of hydrogen-bond donors (Lipinski definition) is 0. The van der Waals surface area contributed by atoms with Gasteiger partial charge in [-0.2, -0.15) is 0 Å². The van der Waals surface area contributed by atoms with Gasteiger partial charge < -0.3 is 23.7 Å². The SMILES string of the molecule is COCCO[C@H]1C(=O)N(C2CCN(C(=O)c3ccco3)CC2)[C@H]1c1ccncc1. The van der Waals surface area contributed by atoms with Gasteiger partial charge in [0.25, 0.3) is 11.8 Å². The predicted molar refractivity (Wildman–Crippen MR) is 103 cm³/mol. The van der Waals surface area contributed by atoms with Crippen molar-refractivity contribution >= 4 is 11.8 Å². The lowest BCUT2D eigenvalue weighted by Crippen LogP contribution is -2.65. The molecule has 154 valence electrons. The first kappa shape index (κ1) is 19.6. The maximum Gasteiger partial charge on any atom is 0.289 e. The zero-order chi connectivity index (χ0) is 20.2. The van der Waals surface area contributed by atoms with E-state index >= 15 is 0 Å². The average Bonchev–Trinajstić information content (AvgIpc) is 3.30. The van der Waals surface area contributed by atoms with Crippen LogP contribution >= 0.6 is 0 Å². The Hall–Kier alpha value is -2.71. The number of pyridine rings is 1. The van der Waals surface area contributed by atoms with E-state index in [9.17, 15) is 9.59 Å².